The zero-order valence-corrected chi connectivity index (χ0v) is 18.3. The van der Waals surface area contributed by atoms with Crippen LogP contribution in [0.5, 0.6) is 0 Å². The minimum atomic E-state index is -0.582. The molecule has 0 aliphatic carbocycles. The summed E-state index contributed by atoms with van der Waals surface area (Å²) in [5, 5.41) is 3.35. The van der Waals surface area contributed by atoms with Crippen molar-refractivity contribution < 1.29 is 28.3 Å². The first-order valence-corrected chi connectivity index (χ1v) is 10.9. The third-order valence-electron chi connectivity index (χ3n) is 4.07. The summed E-state index contributed by atoms with van der Waals surface area (Å²) in [6.45, 7) is 5.11. The van der Waals surface area contributed by atoms with Crippen LogP contribution in [0.3, 0.4) is 0 Å². The lowest BCUT2D eigenvalue weighted by molar-refractivity contribution is -0.144. The van der Waals surface area contributed by atoms with Crippen molar-refractivity contribution >= 4 is 57.0 Å². The van der Waals surface area contributed by atoms with Gasteiger partial charge >= 0.3 is 11.9 Å². The zero-order valence-electron chi connectivity index (χ0n) is 16.6. The molecule has 0 saturated carbocycles. The normalized spacial score (nSPS) is 10.8. The Labute approximate surface area is 180 Å². The topological polar surface area (TPSA) is 108 Å². The van der Waals surface area contributed by atoms with Crippen LogP contribution in [-0.2, 0) is 19.1 Å². The number of benzene rings is 1. The number of thioether (sulfide) groups is 1. The highest BCUT2D eigenvalue weighted by Gasteiger charge is 2.22. The molecule has 158 valence electrons. The van der Waals surface area contributed by atoms with E-state index in [1.54, 1.807) is 19.9 Å². The number of nitrogens with one attached hydrogen (secondary N) is 1. The van der Waals surface area contributed by atoms with Gasteiger partial charge in [0.15, 0.2) is 12.2 Å². The standard InChI is InChI=1S/C20H20N2O6S2/c1-4-26-19(25)17-11(2)12(3)30-18(17)22-15(23)9-27-16(24)10-29-20-21-13-7-5-6-8-14(13)28-20/h5-8H,4,9-10H2,1-3H3,(H,22,23). The van der Waals surface area contributed by atoms with Crippen molar-refractivity contribution in [2.45, 2.75) is 26.0 Å². The van der Waals surface area contributed by atoms with Gasteiger partial charge in [-0.3, -0.25) is 9.59 Å². The third-order valence-corrected chi connectivity index (χ3v) is 5.99. The Balaban J connectivity index is 1.51. The summed E-state index contributed by atoms with van der Waals surface area (Å²) in [4.78, 5) is 41.4. The number of esters is 2. The number of aromatic nitrogens is 1. The molecule has 0 spiro atoms. The van der Waals surface area contributed by atoms with Gasteiger partial charge in [0.1, 0.15) is 16.3 Å². The second-order valence-electron chi connectivity index (χ2n) is 6.15. The van der Waals surface area contributed by atoms with E-state index in [0.717, 1.165) is 22.2 Å². The Kier molecular flexibility index (Phi) is 7.11. The number of ether oxygens (including phenoxy) is 2. The molecule has 0 atom stereocenters. The maximum absolute atomic E-state index is 12.2. The number of nitrogens with zero attached hydrogens (tertiary/aromatic N) is 1. The van der Waals surface area contributed by atoms with E-state index in [-0.39, 0.29) is 12.4 Å². The Bertz CT molecular complexity index is 1060. The van der Waals surface area contributed by atoms with Crippen molar-refractivity contribution in [2.75, 3.05) is 24.3 Å². The Morgan fingerprint density at radius 2 is 1.97 bits per heavy atom. The number of fused-ring (bicyclic) bond motifs is 1. The molecule has 3 rings (SSSR count). The molecule has 3 aromatic rings. The number of anilines is 1. The van der Waals surface area contributed by atoms with Gasteiger partial charge in [0.2, 0.25) is 0 Å². The van der Waals surface area contributed by atoms with Crippen LogP contribution in [0.1, 0.15) is 27.7 Å². The summed E-state index contributed by atoms with van der Waals surface area (Å²) in [5.41, 5.74) is 2.41. The number of oxazole rings is 1. The number of aryl methyl sites for hydroxylation is 1. The quantitative estimate of drug-likeness (QED) is 0.408. The zero-order chi connectivity index (χ0) is 21.7. The van der Waals surface area contributed by atoms with Crippen molar-refractivity contribution in [1.29, 1.82) is 0 Å². The number of carbonyl (C=O) groups is 3. The van der Waals surface area contributed by atoms with Gasteiger partial charge in [-0.1, -0.05) is 23.9 Å². The van der Waals surface area contributed by atoms with E-state index in [4.69, 9.17) is 13.9 Å². The molecule has 1 aromatic carbocycles. The van der Waals surface area contributed by atoms with Gasteiger partial charge in [-0.15, -0.1) is 11.3 Å². The van der Waals surface area contributed by atoms with Crippen LogP contribution in [0.4, 0.5) is 5.00 Å². The second kappa shape index (κ2) is 9.77. The molecule has 0 saturated heterocycles. The molecular weight excluding hydrogens is 428 g/mol. The molecule has 0 aliphatic rings. The number of carbonyl (C=O) groups excluding carboxylic acids is 3. The molecular formula is C20H20N2O6S2. The lowest BCUT2D eigenvalue weighted by Crippen LogP contribution is -2.22. The highest BCUT2D eigenvalue weighted by molar-refractivity contribution is 7.99. The van der Waals surface area contributed by atoms with E-state index >= 15 is 0 Å². The minimum absolute atomic E-state index is 0.0502. The predicted molar refractivity (Wildman–Crippen MR) is 114 cm³/mol. The van der Waals surface area contributed by atoms with E-state index in [1.165, 1.54) is 11.3 Å². The Hall–Kier alpha value is -2.85. The molecule has 30 heavy (non-hydrogen) atoms. The van der Waals surface area contributed by atoms with Crippen molar-refractivity contribution in [3.8, 4) is 0 Å². The maximum atomic E-state index is 12.2. The first-order valence-electron chi connectivity index (χ1n) is 9.10. The van der Waals surface area contributed by atoms with Crippen LogP contribution in [-0.4, -0.2) is 41.8 Å². The highest BCUT2D eigenvalue weighted by Crippen LogP contribution is 2.33. The van der Waals surface area contributed by atoms with Crippen LogP contribution in [0.25, 0.3) is 11.1 Å². The molecule has 1 amide bonds. The summed E-state index contributed by atoms with van der Waals surface area (Å²) in [5.74, 6) is -1.67. The van der Waals surface area contributed by atoms with Crippen LogP contribution < -0.4 is 5.32 Å². The fraction of sp³-hybridized carbons (Fsp3) is 0.300. The van der Waals surface area contributed by atoms with Gasteiger partial charge in [0, 0.05) is 4.88 Å². The average Bonchev–Trinajstić information content (AvgIpc) is 3.25. The molecule has 8 nitrogen and oxygen atoms in total. The summed E-state index contributed by atoms with van der Waals surface area (Å²) in [6.07, 6.45) is 0. The maximum Gasteiger partial charge on any atom is 0.341 e. The number of hydrogen-bond acceptors (Lipinski definition) is 9. The molecule has 2 heterocycles. The molecule has 0 fully saturated rings. The van der Waals surface area contributed by atoms with Gasteiger partial charge in [0.05, 0.1) is 12.2 Å². The van der Waals surface area contributed by atoms with Gasteiger partial charge in [-0.05, 0) is 38.5 Å². The van der Waals surface area contributed by atoms with E-state index < -0.39 is 24.5 Å². The highest BCUT2D eigenvalue weighted by atomic mass is 32.2. The largest absolute Gasteiger partial charge is 0.462 e. The van der Waals surface area contributed by atoms with Crippen LogP contribution in [0.15, 0.2) is 33.9 Å². The summed E-state index contributed by atoms with van der Waals surface area (Å²) in [7, 11) is 0. The molecule has 0 unspecified atom stereocenters. The van der Waals surface area contributed by atoms with E-state index in [0.29, 0.717) is 26.9 Å². The number of rotatable bonds is 8. The van der Waals surface area contributed by atoms with E-state index in [2.05, 4.69) is 10.3 Å². The fourth-order valence-electron chi connectivity index (χ4n) is 2.55. The molecule has 1 N–H and O–H groups in total. The van der Waals surface area contributed by atoms with Crippen LogP contribution in [0.2, 0.25) is 0 Å². The van der Waals surface area contributed by atoms with Crippen molar-refractivity contribution in [2.24, 2.45) is 0 Å². The van der Waals surface area contributed by atoms with Gasteiger partial charge < -0.3 is 19.2 Å². The number of amides is 1. The summed E-state index contributed by atoms with van der Waals surface area (Å²) in [6, 6.07) is 7.27. The molecule has 10 heteroatoms. The first kappa shape index (κ1) is 21.8. The SMILES string of the molecule is CCOC(=O)c1c(NC(=O)COC(=O)CSc2nc3ccccc3o2)sc(C)c1C. The monoisotopic (exact) mass is 448 g/mol. The lowest BCUT2D eigenvalue weighted by atomic mass is 10.1. The Morgan fingerprint density at radius 3 is 2.70 bits per heavy atom. The third kappa shape index (κ3) is 5.19. The van der Waals surface area contributed by atoms with Crippen LogP contribution in [0, 0.1) is 13.8 Å². The first-order chi connectivity index (χ1) is 14.4. The number of thiophene rings is 1. The number of hydrogen-bond donors (Lipinski definition) is 1. The molecule has 0 bridgehead atoms. The van der Waals surface area contributed by atoms with Crippen molar-refractivity contribution in [3.63, 3.8) is 0 Å². The fourth-order valence-corrected chi connectivity index (χ4v) is 4.25. The number of para-hydroxylation sites is 2. The Morgan fingerprint density at radius 1 is 1.20 bits per heavy atom. The second-order valence-corrected chi connectivity index (χ2v) is 8.30. The molecule has 2 aromatic heterocycles. The summed E-state index contributed by atoms with van der Waals surface area (Å²) >= 11 is 2.35. The van der Waals surface area contributed by atoms with E-state index in [9.17, 15) is 14.4 Å². The molecule has 0 radical (unpaired) electrons. The van der Waals surface area contributed by atoms with Crippen molar-refractivity contribution in [1.82, 2.24) is 4.98 Å². The summed E-state index contributed by atoms with van der Waals surface area (Å²) < 4.78 is 15.6. The van der Waals surface area contributed by atoms with Gasteiger partial charge in [-0.25, -0.2) is 9.78 Å². The lowest BCUT2D eigenvalue weighted by Gasteiger charge is -2.07. The minimum Gasteiger partial charge on any atom is -0.462 e. The van der Waals surface area contributed by atoms with Gasteiger partial charge in [-0.2, -0.15) is 0 Å². The van der Waals surface area contributed by atoms with Crippen molar-refractivity contribution in [3.05, 3.63) is 40.3 Å². The van der Waals surface area contributed by atoms with Gasteiger partial charge in [0.25, 0.3) is 11.1 Å². The van der Waals surface area contributed by atoms with Crippen LogP contribution >= 0.6 is 23.1 Å². The predicted octanol–water partition coefficient (Wildman–Crippen LogP) is 3.96. The molecule has 0 aliphatic heterocycles. The van der Waals surface area contributed by atoms with E-state index in [1.807, 2.05) is 25.1 Å². The smallest absolute Gasteiger partial charge is 0.341 e. The average molecular weight is 449 g/mol.